The first kappa shape index (κ1) is 11.6. The molecular weight excluding hydrogens is 216 g/mol. The van der Waals surface area contributed by atoms with Gasteiger partial charge in [-0.25, -0.2) is 0 Å². The molecule has 1 saturated heterocycles. The predicted octanol–water partition coefficient (Wildman–Crippen LogP) is 1.04. The van der Waals surface area contributed by atoms with Crippen LogP contribution < -0.4 is 0 Å². The molecule has 1 aromatic rings. The van der Waals surface area contributed by atoms with E-state index in [4.69, 9.17) is 5.26 Å². The molecule has 1 atom stereocenters. The number of nitriles is 1. The summed E-state index contributed by atoms with van der Waals surface area (Å²) in [5.74, 6) is 0.251. The molecule has 0 spiro atoms. The Morgan fingerprint density at radius 2 is 2.53 bits per heavy atom. The van der Waals surface area contributed by atoms with Crippen LogP contribution in [-0.4, -0.2) is 33.7 Å². The number of aromatic nitrogens is 2. The highest BCUT2D eigenvalue weighted by atomic mass is 16.2. The number of piperidine rings is 1. The van der Waals surface area contributed by atoms with Gasteiger partial charge >= 0.3 is 0 Å². The zero-order valence-corrected chi connectivity index (χ0v) is 9.96. The quantitative estimate of drug-likeness (QED) is 0.765. The summed E-state index contributed by atoms with van der Waals surface area (Å²) < 4.78 is 1.78. The second-order valence-electron chi connectivity index (χ2n) is 4.43. The number of aryl methyl sites for hydroxylation is 1. The van der Waals surface area contributed by atoms with Gasteiger partial charge in [0.1, 0.15) is 6.42 Å². The Labute approximate surface area is 101 Å². The molecule has 5 nitrogen and oxygen atoms in total. The Morgan fingerprint density at radius 1 is 1.71 bits per heavy atom. The van der Waals surface area contributed by atoms with E-state index in [-0.39, 0.29) is 12.3 Å². The van der Waals surface area contributed by atoms with Crippen molar-refractivity contribution in [1.29, 1.82) is 5.26 Å². The summed E-state index contributed by atoms with van der Waals surface area (Å²) in [5, 5.41) is 12.9. The van der Waals surface area contributed by atoms with Crippen LogP contribution in [0.3, 0.4) is 0 Å². The van der Waals surface area contributed by atoms with Crippen molar-refractivity contribution in [3.63, 3.8) is 0 Å². The highest BCUT2D eigenvalue weighted by molar-refractivity contribution is 5.78. The summed E-state index contributed by atoms with van der Waals surface area (Å²) >= 11 is 0. The van der Waals surface area contributed by atoms with E-state index >= 15 is 0 Å². The van der Waals surface area contributed by atoms with E-state index in [1.807, 2.05) is 25.4 Å². The second-order valence-corrected chi connectivity index (χ2v) is 4.43. The molecular formula is C12H16N4O. The molecule has 17 heavy (non-hydrogen) atoms. The Balaban J connectivity index is 2.02. The standard InChI is InChI=1S/C12H16N4O/c1-15-8-5-11(14-15)10-3-2-7-16(9-10)12(17)4-6-13/h5,8,10H,2-4,7,9H2,1H3. The van der Waals surface area contributed by atoms with Gasteiger partial charge in [0.15, 0.2) is 0 Å². The molecule has 2 heterocycles. The zero-order valence-electron chi connectivity index (χ0n) is 9.96. The molecule has 1 aromatic heterocycles. The van der Waals surface area contributed by atoms with Crippen molar-refractivity contribution in [2.75, 3.05) is 13.1 Å². The van der Waals surface area contributed by atoms with Gasteiger partial charge in [0.05, 0.1) is 11.8 Å². The number of hydrogen-bond donors (Lipinski definition) is 0. The lowest BCUT2D eigenvalue weighted by molar-refractivity contribution is -0.131. The van der Waals surface area contributed by atoms with Crippen LogP contribution in [0.2, 0.25) is 0 Å². The van der Waals surface area contributed by atoms with Crippen molar-refractivity contribution in [2.24, 2.45) is 7.05 Å². The number of rotatable bonds is 2. The third-order valence-electron chi connectivity index (χ3n) is 3.16. The zero-order chi connectivity index (χ0) is 12.3. The van der Waals surface area contributed by atoms with Crippen molar-refractivity contribution in [3.05, 3.63) is 18.0 Å². The van der Waals surface area contributed by atoms with Gasteiger partial charge in [0.2, 0.25) is 5.91 Å². The van der Waals surface area contributed by atoms with E-state index in [1.165, 1.54) is 0 Å². The van der Waals surface area contributed by atoms with E-state index in [0.29, 0.717) is 12.5 Å². The lowest BCUT2D eigenvalue weighted by atomic mass is 9.95. The van der Waals surface area contributed by atoms with Gasteiger partial charge in [0, 0.05) is 32.3 Å². The van der Waals surface area contributed by atoms with Gasteiger partial charge in [-0.1, -0.05) is 0 Å². The summed E-state index contributed by atoms with van der Waals surface area (Å²) in [6.07, 6.45) is 3.95. The number of hydrogen-bond acceptors (Lipinski definition) is 3. The fourth-order valence-electron chi connectivity index (χ4n) is 2.28. The summed E-state index contributed by atoms with van der Waals surface area (Å²) in [7, 11) is 1.89. The van der Waals surface area contributed by atoms with Crippen molar-refractivity contribution in [2.45, 2.75) is 25.2 Å². The fourth-order valence-corrected chi connectivity index (χ4v) is 2.28. The van der Waals surface area contributed by atoms with Crippen molar-refractivity contribution in [3.8, 4) is 6.07 Å². The minimum atomic E-state index is -0.0619. The molecule has 1 aliphatic rings. The smallest absolute Gasteiger partial charge is 0.236 e. The Bertz CT molecular complexity index is 446. The lowest BCUT2D eigenvalue weighted by Gasteiger charge is -2.31. The minimum absolute atomic E-state index is 0.0189. The number of carbonyl (C=O) groups is 1. The van der Waals surface area contributed by atoms with Crippen LogP contribution in [0.25, 0.3) is 0 Å². The van der Waals surface area contributed by atoms with E-state index < -0.39 is 0 Å². The van der Waals surface area contributed by atoms with Crippen LogP contribution in [0.15, 0.2) is 12.3 Å². The van der Waals surface area contributed by atoms with Gasteiger partial charge in [0.25, 0.3) is 0 Å². The lowest BCUT2D eigenvalue weighted by Crippen LogP contribution is -2.39. The second kappa shape index (κ2) is 5.00. The van der Waals surface area contributed by atoms with E-state index in [0.717, 1.165) is 25.1 Å². The summed E-state index contributed by atoms with van der Waals surface area (Å²) in [6.45, 7) is 1.46. The Morgan fingerprint density at radius 3 is 3.18 bits per heavy atom. The topological polar surface area (TPSA) is 61.9 Å². The van der Waals surface area contributed by atoms with Crippen LogP contribution in [0.4, 0.5) is 0 Å². The SMILES string of the molecule is Cn1ccc(C2CCCN(C(=O)CC#N)C2)n1. The third-order valence-corrected chi connectivity index (χ3v) is 3.16. The Kier molecular flexibility index (Phi) is 3.43. The number of amides is 1. The van der Waals surface area contributed by atoms with Gasteiger partial charge in [-0.3, -0.25) is 9.48 Å². The van der Waals surface area contributed by atoms with Crippen LogP contribution >= 0.6 is 0 Å². The van der Waals surface area contributed by atoms with E-state index in [9.17, 15) is 4.79 Å². The maximum atomic E-state index is 11.7. The van der Waals surface area contributed by atoms with Crippen molar-refractivity contribution < 1.29 is 4.79 Å². The molecule has 1 fully saturated rings. The maximum Gasteiger partial charge on any atom is 0.236 e. The largest absolute Gasteiger partial charge is 0.341 e. The van der Waals surface area contributed by atoms with Crippen LogP contribution in [0, 0.1) is 11.3 Å². The van der Waals surface area contributed by atoms with E-state index in [2.05, 4.69) is 5.10 Å². The van der Waals surface area contributed by atoms with Crippen molar-refractivity contribution in [1.82, 2.24) is 14.7 Å². The van der Waals surface area contributed by atoms with Gasteiger partial charge in [-0.15, -0.1) is 0 Å². The number of carbonyl (C=O) groups excluding carboxylic acids is 1. The molecule has 1 aliphatic heterocycles. The van der Waals surface area contributed by atoms with Crippen LogP contribution in [0.5, 0.6) is 0 Å². The van der Waals surface area contributed by atoms with Crippen LogP contribution in [0.1, 0.15) is 30.9 Å². The first-order valence-corrected chi connectivity index (χ1v) is 5.85. The number of likely N-dealkylation sites (tertiary alicyclic amines) is 1. The fraction of sp³-hybridized carbons (Fsp3) is 0.583. The van der Waals surface area contributed by atoms with Gasteiger partial charge < -0.3 is 4.90 Å². The summed E-state index contributed by atoms with van der Waals surface area (Å²) in [6, 6.07) is 3.92. The average Bonchev–Trinajstić information content (AvgIpc) is 2.76. The minimum Gasteiger partial charge on any atom is -0.341 e. The normalized spacial score (nSPS) is 20.0. The first-order valence-electron chi connectivity index (χ1n) is 5.85. The molecule has 1 amide bonds. The van der Waals surface area contributed by atoms with Crippen LogP contribution in [-0.2, 0) is 11.8 Å². The third kappa shape index (κ3) is 2.64. The van der Waals surface area contributed by atoms with Gasteiger partial charge in [-0.2, -0.15) is 10.4 Å². The highest BCUT2D eigenvalue weighted by Crippen LogP contribution is 2.25. The number of nitrogens with zero attached hydrogens (tertiary/aromatic N) is 4. The van der Waals surface area contributed by atoms with Gasteiger partial charge in [-0.05, 0) is 18.9 Å². The molecule has 1 unspecified atom stereocenters. The predicted molar refractivity (Wildman–Crippen MR) is 62.0 cm³/mol. The summed E-state index contributed by atoms with van der Waals surface area (Å²) in [5.41, 5.74) is 1.04. The molecule has 0 bridgehead atoms. The molecule has 0 aromatic carbocycles. The molecule has 0 N–H and O–H groups in total. The first-order chi connectivity index (χ1) is 8.20. The Hall–Kier alpha value is -1.83. The molecule has 2 rings (SSSR count). The van der Waals surface area contributed by atoms with Crippen molar-refractivity contribution >= 4 is 5.91 Å². The van der Waals surface area contributed by atoms with E-state index in [1.54, 1.807) is 9.58 Å². The molecule has 90 valence electrons. The maximum absolute atomic E-state index is 11.7. The molecule has 5 heteroatoms. The monoisotopic (exact) mass is 232 g/mol. The summed E-state index contributed by atoms with van der Waals surface area (Å²) in [4.78, 5) is 13.4. The molecule has 0 radical (unpaired) electrons. The average molecular weight is 232 g/mol. The highest BCUT2D eigenvalue weighted by Gasteiger charge is 2.25. The molecule has 0 saturated carbocycles. The molecule has 0 aliphatic carbocycles.